The summed E-state index contributed by atoms with van der Waals surface area (Å²) in [5.74, 6) is 2.58. The zero-order valence-corrected chi connectivity index (χ0v) is 21.1. The highest BCUT2D eigenvalue weighted by atomic mass is 35.5. The van der Waals surface area contributed by atoms with Crippen LogP contribution < -0.4 is 24.6 Å². The molecular formula is C27H27ClN4O2S. The number of fused-ring (bicyclic) bond motifs is 2. The molecule has 0 saturated carbocycles. The number of aromatic nitrogens is 1. The summed E-state index contributed by atoms with van der Waals surface area (Å²) >= 11 is 8.01. The third-order valence-electron chi connectivity index (χ3n) is 6.69. The van der Waals surface area contributed by atoms with Gasteiger partial charge < -0.3 is 24.6 Å². The van der Waals surface area contributed by atoms with Crippen molar-refractivity contribution in [3.63, 3.8) is 0 Å². The van der Waals surface area contributed by atoms with Crippen molar-refractivity contribution >= 4 is 45.3 Å². The van der Waals surface area contributed by atoms with Gasteiger partial charge in [-0.1, -0.05) is 23.7 Å². The first-order chi connectivity index (χ1) is 17.1. The minimum Gasteiger partial charge on any atom is -0.454 e. The summed E-state index contributed by atoms with van der Waals surface area (Å²) in [6.07, 6.45) is 0. The van der Waals surface area contributed by atoms with Crippen LogP contribution in [0.3, 0.4) is 0 Å². The Kier molecular flexibility index (Phi) is 6.14. The van der Waals surface area contributed by atoms with Crippen LogP contribution in [0.2, 0.25) is 5.02 Å². The van der Waals surface area contributed by atoms with Crippen LogP contribution >= 0.6 is 22.9 Å². The van der Waals surface area contributed by atoms with Crippen molar-refractivity contribution in [2.45, 2.75) is 19.5 Å². The lowest BCUT2D eigenvalue weighted by Crippen LogP contribution is -2.47. The standard InChI is InChI=1S/C27H27ClN4O2S/c1-18(26-6-3-11-35-26)29-16-20-12-19-13-24-25(34-17-33-24)15-23(19)30-27(20)32-9-7-31(8-10-32)22-5-2-4-21(28)14-22/h2-6,11-15,18,29H,7-10,16-17H2,1H3. The van der Waals surface area contributed by atoms with Crippen molar-refractivity contribution in [2.24, 2.45) is 0 Å². The van der Waals surface area contributed by atoms with E-state index in [0.717, 1.165) is 66.0 Å². The second kappa shape index (κ2) is 9.57. The number of halogens is 1. The first kappa shape index (κ1) is 22.5. The zero-order chi connectivity index (χ0) is 23.8. The molecule has 2 aromatic heterocycles. The fourth-order valence-corrected chi connectivity index (χ4v) is 5.70. The van der Waals surface area contributed by atoms with E-state index in [1.165, 1.54) is 16.1 Å². The van der Waals surface area contributed by atoms with Crippen molar-refractivity contribution in [2.75, 3.05) is 42.8 Å². The van der Waals surface area contributed by atoms with E-state index in [1.807, 2.05) is 30.3 Å². The first-order valence-corrected chi connectivity index (χ1v) is 13.2. The van der Waals surface area contributed by atoms with Gasteiger partial charge in [-0.05, 0) is 48.7 Å². The van der Waals surface area contributed by atoms with E-state index in [4.69, 9.17) is 26.1 Å². The normalized spacial score (nSPS) is 16.2. The second-order valence-electron chi connectivity index (χ2n) is 8.94. The van der Waals surface area contributed by atoms with Crippen LogP contribution in [0.25, 0.3) is 10.9 Å². The molecule has 35 heavy (non-hydrogen) atoms. The van der Waals surface area contributed by atoms with Crippen molar-refractivity contribution in [3.8, 4) is 11.5 Å². The number of thiophene rings is 1. The predicted molar refractivity (Wildman–Crippen MR) is 143 cm³/mol. The van der Waals surface area contributed by atoms with Crippen molar-refractivity contribution in [1.82, 2.24) is 10.3 Å². The van der Waals surface area contributed by atoms with E-state index in [9.17, 15) is 0 Å². The lowest BCUT2D eigenvalue weighted by atomic mass is 10.1. The number of ether oxygens (including phenoxy) is 2. The van der Waals surface area contributed by atoms with Crippen LogP contribution in [0, 0.1) is 0 Å². The highest BCUT2D eigenvalue weighted by Crippen LogP contribution is 2.37. The van der Waals surface area contributed by atoms with Crippen molar-refractivity contribution < 1.29 is 9.47 Å². The molecule has 0 aliphatic carbocycles. The number of nitrogens with zero attached hydrogens (tertiary/aromatic N) is 3. The van der Waals surface area contributed by atoms with E-state index in [1.54, 1.807) is 11.3 Å². The van der Waals surface area contributed by atoms with Gasteiger partial charge in [0.25, 0.3) is 0 Å². The summed E-state index contributed by atoms with van der Waals surface area (Å²) in [5.41, 5.74) is 3.29. The maximum absolute atomic E-state index is 6.23. The molecule has 2 aliphatic rings. The Bertz CT molecular complexity index is 1340. The molecule has 4 aromatic rings. The van der Waals surface area contributed by atoms with Crippen LogP contribution in [-0.4, -0.2) is 38.0 Å². The number of rotatable bonds is 6. The largest absolute Gasteiger partial charge is 0.454 e. The third kappa shape index (κ3) is 4.63. The number of hydrogen-bond donors (Lipinski definition) is 1. The van der Waals surface area contributed by atoms with Gasteiger partial charge in [-0.3, -0.25) is 0 Å². The molecule has 8 heteroatoms. The van der Waals surface area contributed by atoms with Gasteiger partial charge in [0.1, 0.15) is 5.82 Å². The monoisotopic (exact) mass is 506 g/mol. The Morgan fingerprint density at radius 2 is 1.80 bits per heavy atom. The van der Waals surface area contributed by atoms with Gasteiger partial charge in [0, 0.05) is 71.4 Å². The van der Waals surface area contributed by atoms with E-state index in [0.29, 0.717) is 0 Å². The third-order valence-corrected chi connectivity index (χ3v) is 7.98. The molecule has 0 radical (unpaired) electrons. The van der Waals surface area contributed by atoms with Crippen LogP contribution in [0.1, 0.15) is 23.4 Å². The van der Waals surface area contributed by atoms with Crippen LogP contribution in [-0.2, 0) is 6.54 Å². The van der Waals surface area contributed by atoms with E-state index in [2.05, 4.69) is 51.7 Å². The average molecular weight is 507 g/mol. The Labute approximate surface area is 214 Å². The van der Waals surface area contributed by atoms with Gasteiger partial charge in [-0.15, -0.1) is 11.3 Å². The first-order valence-electron chi connectivity index (χ1n) is 11.9. The molecule has 180 valence electrons. The lowest BCUT2D eigenvalue weighted by molar-refractivity contribution is 0.174. The van der Waals surface area contributed by atoms with E-state index in [-0.39, 0.29) is 12.8 Å². The Morgan fingerprint density at radius 3 is 2.57 bits per heavy atom. The second-order valence-corrected chi connectivity index (χ2v) is 10.4. The molecule has 2 aromatic carbocycles. The molecule has 1 atom stereocenters. The molecule has 1 fully saturated rings. The fraction of sp³-hybridized carbons (Fsp3) is 0.296. The van der Waals surface area contributed by atoms with Crippen LogP contribution in [0.15, 0.2) is 60.0 Å². The zero-order valence-electron chi connectivity index (χ0n) is 19.5. The van der Waals surface area contributed by atoms with Gasteiger partial charge in [0.05, 0.1) is 5.52 Å². The summed E-state index contributed by atoms with van der Waals surface area (Å²) in [4.78, 5) is 11.3. The molecule has 0 spiro atoms. The number of nitrogens with one attached hydrogen (secondary N) is 1. The molecule has 1 unspecified atom stereocenters. The van der Waals surface area contributed by atoms with E-state index < -0.39 is 0 Å². The molecule has 0 amide bonds. The van der Waals surface area contributed by atoms with Gasteiger partial charge in [-0.25, -0.2) is 4.98 Å². The Balaban J connectivity index is 1.28. The highest BCUT2D eigenvalue weighted by molar-refractivity contribution is 7.10. The molecule has 6 rings (SSSR count). The number of benzene rings is 2. The number of hydrogen-bond acceptors (Lipinski definition) is 7. The summed E-state index contributed by atoms with van der Waals surface area (Å²) in [6, 6.07) is 18.9. The topological polar surface area (TPSA) is 49.9 Å². The van der Waals surface area contributed by atoms with Crippen molar-refractivity contribution in [3.05, 3.63) is 75.4 Å². The molecule has 4 heterocycles. The number of anilines is 2. The number of piperazine rings is 1. The van der Waals surface area contributed by atoms with Crippen molar-refractivity contribution in [1.29, 1.82) is 0 Å². The highest BCUT2D eigenvalue weighted by Gasteiger charge is 2.23. The quantitative estimate of drug-likeness (QED) is 0.353. The predicted octanol–water partition coefficient (Wildman–Crippen LogP) is 5.86. The fourth-order valence-electron chi connectivity index (χ4n) is 4.75. The average Bonchev–Trinajstić information content (AvgIpc) is 3.58. The Hall–Kier alpha value is -3.00. The molecule has 0 bridgehead atoms. The molecule has 6 nitrogen and oxygen atoms in total. The molecule has 1 N–H and O–H groups in total. The lowest BCUT2D eigenvalue weighted by Gasteiger charge is -2.37. The van der Waals surface area contributed by atoms with Gasteiger partial charge in [0.15, 0.2) is 11.5 Å². The van der Waals surface area contributed by atoms with Crippen LogP contribution in [0.5, 0.6) is 11.5 Å². The summed E-state index contributed by atoms with van der Waals surface area (Å²) in [7, 11) is 0. The smallest absolute Gasteiger partial charge is 0.231 e. The van der Waals surface area contributed by atoms with Gasteiger partial charge >= 0.3 is 0 Å². The molecule has 1 saturated heterocycles. The maximum Gasteiger partial charge on any atom is 0.231 e. The summed E-state index contributed by atoms with van der Waals surface area (Å²) in [6.45, 7) is 6.82. The SMILES string of the molecule is CC(NCc1cc2cc3c(cc2nc1N1CCN(c2cccc(Cl)c2)CC1)OCO3)c1cccs1. The van der Waals surface area contributed by atoms with Gasteiger partial charge in [-0.2, -0.15) is 0 Å². The molecular weight excluding hydrogens is 480 g/mol. The summed E-state index contributed by atoms with van der Waals surface area (Å²) < 4.78 is 11.2. The van der Waals surface area contributed by atoms with Crippen LogP contribution in [0.4, 0.5) is 11.5 Å². The minimum atomic E-state index is 0.261. The van der Waals surface area contributed by atoms with Gasteiger partial charge in [0.2, 0.25) is 6.79 Å². The number of pyridine rings is 1. The maximum atomic E-state index is 6.23. The van der Waals surface area contributed by atoms with E-state index >= 15 is 0 Å². The Morgan fingerprint density at radius 1 is 1.00 bits per heavy atom. The summed E-state index contributed by atoms with van der Waals surface area (Å²) in [5, 5.41) is 7.66. The minimum absolute atomic E-state index is 0.261. The molecule has 2 aliphatic heterocycles.